The SMILES string of the molecule is CN(C)c1ccc(C#Cc2cc(-c3n[nH]c4c3oc3cc(N5CCCCC5)ccc34)cs2)cc1. The highest BCUT2D eigenvalue weighted by Gasteiger charge is 2.19. The summed E-state index contributed by atoms with van der Waals surface area (Å²) in [6.07, 6.45) is 3.85. The van der Waals surface area contributed by atoms with Crippen LogP contribution < -0.4 is 9.80 Å². The molecular formula is C28H26N4OS. The van der Waals surface area contributed by atoms with Crippen molar-refractivity contribution in [1.29, 1.82) is 0 Å². The van der Waals surface area contributed by atoms with Crippen molar-refractivity contribution in [3.05, 3.63) is 64.4 Å². The van der Waals surface area contributed by atoms with Gasteiger partial charge >= 0.3 is 0 Å². The molecular weight excluding hydrogens is 440 g/mol. The van der Waals surface area contributed by atoms with Crippen LogP contribution in [0.25, 0.3) is 33.3 Å². The first kappa shape index (κ1) is 20.9. The summed E-state index contributed by atoms with van der Waals surface area (Å²) in [7, 11) is 4.07. The van der Waals surface area contributed by atoms with Gasteiger partial charge < -0.3 is 14.2 Å². The van der Waals surface area contributed by atoms with Crippen LogP contribution in [0.2, 0.25) is 0 Å². The third-order valence-electron chi connectivity index (χ3n) is 6.48. The van der Waals surface area contributed by atoms with Gasteiger partial charge in [-0.15, -0.1) is 11.3 Å². The first-order valence-corrected chi connectivity index (χ1v) is 12.6. The number of piperidine rings is 1. The predicted octanol–water partition coefficient (Wildman–Crippen LogP) is 6.49. The number of nitrogens with zero attached hydrogens (tertiary/aromatic N) is 3. The number of rotatable bonds is 3. The van der Waals surface area contributed by atoms with Gasteiger partial charge in [0.25, 0.3) is 0 Å². The van der Waals surface area contributed by atoms with E-state index in [2.05, 4.69) is 85.7 Å². The zero-order valence-corrected chi connectivity index (χ0v) is 20.2. The van der Waals surface area contributed by atoms with Gasteiger partial charge in [-0.3, -0.25) is 5.10 Å². The molecule has 34 heavy (non-hydrogen) atoms. The molecule has 0 bridgehead atoms. The van der Waals surface area contributed by atoms with Crippen LogP contribution in [0.3, 0.4) is 0 Å². The Labute approximate surface area is 203 Å². The molecule has 5 nitrogen and oxygen atoms in total. The summed E-state index contributed by atoms with van der Waals surface area (Å²) in [4.78, 5) is 5.54. The van der Waals surface area contributed by atoms with E-state index in [1.807, 2.05) is 14.1 Å². The summed E-state index contributed by atoms with van der Waals surface area (Å²) in [6, 6.07) is 16.9. The summed E-state index contributed by atoms with van der Waals surface area (Å²) in [5, 5.41) is 10.9. The highest BCUT2D eigenvalue weighted by molar-refractivity contribution is 7.11. The Morgan fingerprint density at radius 1 is 1.00 bits per heavy atom. The molecule has 0 radical (unpaired) electrons. The minimum absolute atomic E-state index is 0.808. The minimum atomic E-state index is 0.808. The van der Waals surface area contributed by atoms with Gasteiger partial charge in [-0.2, -0.15) is 5.10 Å². The fourth-order valence-corrected chi connectivity index (χ4v) is 5.31. The summed E-state index contributed by atoms with van der Waals surface area (Å²) in [5.41, 5.74) is 7.95. The van der Waals surface area contributed by atoms with Crippen LogP contribution in [0.1, 0.15) is 29.7 Å². The van der Waals surface area contributed by atoms with Crippen molar-refractivity contribution in [3.63, 3.8) is 0 Å². The number of aromatic nitrogens is 2. The van der Waals surface area contributed by atoms with E-state index in [0.29, 0.717) is 0 Å². The molecule has 4 heterocycles. The van der Waals surface area contributed by atoms with Crippen LogP contribution in [-0.2, 0) is 0 Å². The molecule has 3 aromatic heterocycles. The molecule has 2 aromatic carbocycles. The molecule has 5 aromatic rings. The highest BCUT2D eigenvalue weighted by Crippen LogP contribution is 2.37. The Balaban J connectivity index is 1.29. The second-order valence-corrected chi connectivity index (χ2v) is 9.91. The van der Waals surface area contributed by atoms with E-state index in [-0.39, 0.29) is 0 Å². The zero-order chi connectivity index (χ0) is 23.1. The van der Waals surface area contributed by atoms with Crippen molar-refractivity contribution >= 4 is 44.8 Å². The molecule has 0 aliphatic carbocycles. The van der Waals surface area contributed by atoms with Crippen molar-refractivity contribution in [2.75, 3.05) is 37.0 Å². The molecule has 0 amide bonds. The lowest BCUT2D eigenvalue weighted by Gasteiger charge is -2.28. The summed E-state index contributed by atoms with van der Waals surface area (Å²) >= 11 is 1.63. The number of H-pyrrole nitrogens is 1. The molecule has 1 aliphatic heterocycles. The zero-order valence-electron chi connectivity index (χ0n) is 19.4. The van der Waals surface area contributed by atoms with Crippen molar-refractivity contribution < 1.29 is 4.42 Å². The molecule has 0 atom stereocenters. The van der Waals surface area contributed by atoms with E-state index in [1.165, 1.54) is 30.6 Å². The van der Waals surface area contributed by atoms with Crippen LogP contribution in [0, 0.1) is 11.8 Å². The number of benzene rings is 2. The van der Waals surface area contributed by atoms with Gasteiger partial charge in [-0.1, -0.05) is 11.8 Å². The maximum Gasteiger partial charge on any atom is 0.181 e. The van der Waals surface area contributed by atoms with E-state index in [9.17, 15) is 0 Å². The van der Waals surface area contributed by atoms with Crippen molar-refractivity contribution in [2.45, 2.75) is 19.3 Å². The fraction of sp³-hybridized carbons (Fsp3) is 0.250. The van der Waals surface area contributed by atoms with Crippen molar-refractivity contribution in [3.8, 4) is 23.1 Å². The summed E-state index contributed by atoms with van der Waals surface area (Å²) in [5.74, 6) is 6.56. The third kappa shape index (κ3) is 3.82. The molecule has 1 saturated heterocycles. The van der Waals surface area contributed by atoms with E-state index in [4.69, 9.17) is 4.42 Å². The van der Waals surface area contributed by atoms with Crippen molar-refractivity contribution in [1.82, 2.24) is 10.2 Å². The second kappa shape index (κ2) is 8.58. The van der Waals surface area contributed by atoms with Crippen LogP contribution in [0.15, 0.2) is 58.3 Å². The highest BCUT2D eigenvalue weighted by atomic mass is 32.1. The topological polar surface area (TPSA) is 48.3 Å². The number of hydrogen-bond acceptors (Lipinski definition) is 5. The van der Waals surface area contributed by atoms with Gasteiger partial charge in [-0.25, -0.2) is 0 Å². The summed E-state index contributed by atoms with van der Waals surface area (Å²) < 4.78 is 6.32. The van der Waals surface area contributed by atoms with E-state index >= 15 is 0 Å². The minimum Gasteiger partial charge on any atom is -0.452 e. The van der Waals surface area contributed by atoms with E-state index in [1.54, 1.807) is 11.3 Å². The maximum absolute atomic E-state index is 6.32. The number of hydrogen-bond donors (Lipinski definition) is 1. The Morgan fingerprint density at radius 2 is 1.82 bits per heavy atom. The number of thiophene rings is 1. The fourth-order valence-electron chi connectivity index (χ4n) is 4.57. The number of furan rings is 1. The smallest absolute Gasteiger partial charge is 0.181 e. The predicted molar refractivity (Wildman–Crippen MR) is 142 cm³/mol. The van der Waals surface area contributed by atoms with Crippen LogP contribution in [-0.4, -0.2) is 37.4 Å². The number of fused-ring (bicyclic) bond motifs is 3. The van der Waals surface area contributed by atoms with Crippen LogP contribution in [0.4, 0.5) is 11.4 Å². The molecule has 6 rings (SSSR count). The maximum atomic E-state index is 6.32. The molecule has 1 aliphatic rings. The first-order valence-electron chi connectivity index (χ1n) is 11.7. The van der Waals surface area contributed by atoms with Crippen molar-refractivity contribution in [2.24, 2.45) is 0 Å². The van der Waals surface area contributed by atoms with Gasteiger partial charge in [0.15, 0.2) is 5.58 Å². The Kier molecular flexibility index (Phi) is 5.27. The summed E-state index contributed by atoms with van der Waals surface area (Å²) in [6.45, 7) is 2.24. The van der Waals surface area contributed by atoms with Gasteiger partial charge in [0.1, 0.15) is 16.8 Å². The number of anilines is 2. The Morgan fingerprint density at radius 3 is 2.62 bits per heavy atom. The van der Waals surface area contributed by atoms with E-state index in [0.717, 1.165) is 56.9 Å². The van der Waals surface area contributed by atoms with Gasteiger partial charge in [0.2, 0.25) is 0 Å². The molecule has 0 unspecified atom stereocenters. The lowest BCUT2D eigenvalue weighted by molar-refractivity contribution is 0.577. The van der Waals surface area contributed by atoms with Gasteiger partial charge in [0, 0.05) is 66.5 Å². The molecule has 170 valence electrons. The average Bonchev–Trinajstić information content (AvgIpc) is 3.58. The number of nitrogens with one attached hydrogen (secondary N) is 1. The van der Waals surface area contributed by atoms with E-state index < -0.39 is 0 Å². The van der Waals surface area contributed by atoms with Gasteiger partial charge in [-0.05, 0) is 61.7 Å². The molecule has 0 spiro atoms. The Bertz CT molecular complexity index is 1520. The van der Waals surface area contributed by atoms with Gasteiger partial charge in [0.05, 0.1) is 4.88 Å². The lowest BCUT2D eigenvalue weighted by atomic mass is 10.1. The van der Waals surface area contributed by atoms with Crippen LogP contribution in [0.5, 0.6) is 0 Å². The largest absolute Gasteiger partial charge is 0.452 e. The molecule has 1 fully saturated rings. The molecule has 1 N–H and O–H groups in total. The first-order chi connectivity index (χ1) is 16.7. The number of aromatic amines is 1. The average molecular weight is 467 g/mol. The lowest BCUT2D eigenvalue weighted by Crippen LogP contribution is -2.29. The quantitative estimate of drug-likeness (QED) is 0.309. The second-order valence-electron chi connectivity index (χ2n) is 9.00. The van der Waals surface area contributed by atoms with Crippen LogP contribution >= 0.6 is 11.3 Å². The Hall–Kier alpha value is -3.69. The monoisotopic (exact) mass is 466 g/mol. The normalized spacial score (nSPS) is 13.9. The standard InChI is InChI=1S/C28H26N4OS/c1-31(2)21-9-6-19(7-10-21)8-12-23-16-20(18-34-23)26-28-27(30-29-26)24-13-11-22(17-25(24)33-28)32-14-4-3-5-15-32/h6-7,9-11,13,16-18H,3-5,14-15H2,1-2H3,(H,29,30). The third-order valence-corrected chi connectivity index (χ3v) is 7.32. The molecule has 0 saturated carbocycles. The molecule has 6 heteroatoms.